The zero-order valence-corrected chi connectivity index (χ0v) is 22.6. The summed E-state index contributed by atoms with van der Waals surface area (Å²) in [7, 11) is 1.28. The highest BCUT2D eigenvalue weighted by Gasteiger charge is 2.60. The van der Waals surface area contributed by atoms with Gasteiger partial charge in [0.2, 0.25) is 17.7 Å². The van der Waals surface area contributed by atoms with Crippen molar-refractivity contribution in [2.45, 2.75) is 58.7 Å². The molecule has 1 saturated heterocycles. The molecule has 0 radical (unpaired) electrons. The molecule has 202 valence electrons. The molecule has 7 nitrogen and oxygen atoms in total. The maximum Gasteiger partial charge on any atom is 0.574 e. The average molecular weight is 586 g/mol. The number of carbonyl (C=O) groups is 2. The Balaban J connectivity index is 1.38. The molecule has 4 unspecified atom stereocenters. The number of fused-ring (bicyclic) bond motifs is 5. The SMILES string of the molecule is COc1nc(OC(F)(F)F)c(NC(=O)C2CCC3C4CNC5=CC(=O)CC[C@]5(C)C4CC[C@]23C)cc1Br. The van der Waals surface area contributed by atoms with Gasteiger partial charge in [-0.25, -0.2) is 0 Å². The number of anilines is 1. The molecule has 1 aromatic rings. The predicted octanol–water partition coefficient (Wildman–Crippen LogP) is 5.60. The molecule has 2 N–H and O–H groups in total. The minimum absolute atomic E-state index is 0.0661. The van der Waals surface area contributed by atoms with Crippen molar-refractivity contribution in [1.29, 1.82) is 0 Å². The number of rotatable bonds is 4. The van der Waals surface area contributed by atoms with Crippen LogP contribution in [0.15, 0.2) is 22.3 Å². The van der Waals surface area contributed by atoms with Gasteiger partial charge in [0.1, 0.15) is 5.69 Å². The first-order valence-corrected chi connectivity index (χ1v) is 13.4. The molecule has 5 rings (SSSR count). The van der Waals surface area contributed by atoms with Gasteiger partial charge >= 0.3 is 6.36 Å². The molecule has 3 aliphatic carbocycles. The van der Waals surface area contributed by atoms with Crippen LogP contribution in [0.2, 0.25) is 0 Å². The number of alkyl halides is 3. The molecule has 0 bridgehead atoms. The van der Waals surface area contributed by atoms with Gasteiger partial charge in [-0.05, 0) is 77.3 Å². The largest absolute Gasteiger partial charge is 0.574 e. The second kappa shape index (κ2) is 9.17. The van der Waals surface area contributed by atoms with Gasteiger partial charge in [-0.2, -0.15) is 4.98 Å². The number of ketones is 1. The third kappa shape index (κ3) is 4.51. The zero-order valence-electron chi connectivity index (χ0n) is 21.0. The van der Waals surface area contributed by atoms with Crippen molar-refractivity contribution in [2.24, 2.45) is 34.5 Å². The molecule has 3 fully saturated rings. The minimum atomic E-state index is -4.98. The van der Waals surface area contributed by atoms with Crippen LogP contribution in [0, 0.1) is 34.5 Å². The number of amides is 1. The standard InChI is InChI=1S/C26H31BrF3N3O4/c1-24-9-7-16-14(12-31-20-10-13(34)6-8-25(16,20)2)15(24)4-5-17(24)21(35)32-19-11-18(27)22(36-3)33-23(19)37-26(28,29)30/h10-11,14-17,31H,4-9,12H2,1-3H3,(H,32,35)/t14?,15?,16?,17?,24-,25+/m0/s1. The van der Waals surface area contributed by atoms with Gasteiger partial charge in [-0.3, -0.25) is 9.59 Å². The van der Waals surface area contributed by atoms with E-state index in [-0.39, 0.29) is 40.0 Å². The Hall–Kier alpha value is -2.30. The number of halogens is 4. The molecule has 2 saturated carbocycles. The summed E-state index contributed by atoms with van der Waals surface area (Å²) in [4.78, 5) is 29.4. The van der Waals surface area contributed by atoms with E-state index in [9.17, 15) is 22.8 Å². The van der Waals surface area contributed by atoms with Gasteiger partial charge in [0.15, 0.2) is 5.78 Å². The fourth-order valence-corrected chi connectivity index (χ4v) is 8.15. The summed E-state index contributed by atoms with van der Waals surface area (Å²) in [5, 5.41) is 6.22. The highest BCUT2D eigenvalue weighted by atomic mass is 79.9. The van der Waals surface area contributed by atoms with Crippen molar-refractivity contribution in [3.05, 3.63) is 22.3 Å². The smallest absolute Gasteiger partial charge is 0.480 e. The molecule has 11 heteroatoms. The summed E-state index contributed by atoms with van der Waals surface area (Å²) < 4.78 is 48.6. The topological polar surface area (TPSA) is 89.6 Å². The maximum absolute atomic E-state index is 13.6. The first kappa shape index (κ1) is 26.3. The summed E-state index contributed by atoms with van der Waals surface area (Å²) in [6, 6.07) is 1.32. The molecule has 4 aliphatic rings. The summed E-state index contributed by atoms with van der Waals surface area (Å²) in [6.07, 6.45) is 1.53. The van der Waals surface area contributed by atoms with Gasteiger partial charge in [0.05, 0.1) is 11.6 Å². The van der Waals surface area contributed by atoms with Gasteiger partial charge in [0.25, 0.3) is 0 Å². The van der Waals surface area contributed by atoms with Crippen molar-refractivity contribution in [3.8, 4) is 11.8 Å². The molecule has 1 aromatic heterocycles. The Labute approximate surface area is 222 Å². The van der Waals surface area contributed by atoms with Gasteiger partial charge in [-0.15, -0.1) is 13.2 Å². The number of nitrogens with zero attached hydrogens (tertiary/aromatic N) is 1. The van der Waals surface area contributed by atoms with Crippen LogP contribution in [0.3, 0.4) is 0 Å². The molecular formula is C26H31BrF3N3O4. The molecule has 37 heavy (non-hydrogen) atoms. The molecule has 6 atom stereocenters. The third-order valence-electron chi connectivity index (χ3n) is 9.48. The van der Waals surface area contributed by atoms with Gasteiger partial charge in [0, 0.05) is 36.1 Å². The molecular weight excluding hydrogens is 555 g/mol. The number of methoxy groups -OCH3 is 1. The van der Waals surface area contributed by atoms with Crippen LogP contribution in [0.1, 0.15) is 52.4 Å². The van der Waals surface area contributed by atoms with Crippen LogP contribution in [0.4, 0.5) is 18.9 Å². The number of carbonyl (C=O) groups excluding carboxylic acids is 2. The highest BCUT2D eigenvalue weighted by molar-refractivity contribution is 9.10. The highest BCUT2D eigenvalue weighted by Crippen LogP contribution is 2.64. The van der Waals surface area contributed by atoms with Crippen molar-refractivity contribution in [2.75, 3.05) is 19.0 Å². The Morgan fingerprint density at radius 1 is 1.19 bits per heavy atom. The number of aromatic nitrogens is 1. The summed E-state index contributed by atoms with van der Waals surface area (Å²) in [6.45, 7) is 5.18. The third-order valence-corrected chi connectivity index (χ3v) is 10.1. The normalized spacial score (nSPS) is 34.9. The van der Waals surface area contributed by atoms with Crippen molar-refractivity contribution >= 4 is 33.3 Å². The molecule has 2 heterocycles. The monoisotopic (exact) mass is 585 g/mol. The lowest BCUT2D eigenvalue weighted by atomic mass is 9.50. The van der Waals surface area contributed by atoms with E-state index in [0.29, 0.717) is 35.1 Å². The first-order valence-electron chi connectivity index (χ1n) is 12.7. The molecule has 1 aliphatic heterocycles. The van der Waals surface area contributed by atoms with E-state index in [1.165, 1.54) is 13.2 Å². The maximum atomic E-state index is 13.6. The lowest BCUT2D eigenvalue weighted by molar-refractivity contribution is -0.275. The fraction of sp³-hybridized carbons (Fsp3) is 0.654. The predicted molar refractivity (Wildman–Crippen MR) is 133 cm³/mol. The Morgan fingerprint density at radius 3 is 2.65 bits per heavy atom. The average Bonchev–Trinajstić information content (AvgIpc) is 3.17. The molecule has 1 amide bonds. The van der Waals surface area contributed by atoms with E-state index in [1.807, 2.05) is 0 Å². The van der Waals surface area contributed by atoms with Crippen molar-refractivity contribution < 1.29 is 32.2 Å². The number of allylic oxidation sites excluding steroid dienone is 2. The number of pyridine rings is 1. The lowest BCUT2D eigenvalue weighted by Crippen LogP contribution is -2.57. The van der Waals surface area contributed by atoms with E-state index >= 15 is 0 Å². The second-order valence-corrected chi connectivity index (χ2v) is 12.1. The lowest BCUT2D eigenvalue weighted by Gasteiger charge is -2.58. The quantitative estimate of drug-likeness (QED) is 0.478. The Bertz CT molecular complexity index is 1160. The van der Waals surface area contributed by atoms with Crippen molar-refractivity contribution in [1.82, 2.24) is 10.3 Å². The molecule has 0 aromatic carbocycles. The van der Waals surface area contributed by atoms with Crippen LogP contribution in [0.25, 0.3) is 0 Å². The Morgan fingerprint density at radius 2 is 1.95 bits per heavy atom. The van der Waals surface area contributed by atoms with Crippen LogP contribution in [-0.2, 0) is 9.59 Å². The van der Waals surface area contributed by atoms with Crippen LogP contribution < -0.4 is 20.1 Å². The fourth-order valence-electron chi connectivity index (χ4n) is 7.67. The van der Waals surface area contributed by atoms with E-state index in [2.05, 4.69) is 50.1 Å². The Kier molecular flexibility index (Phi) is 6.52. The van der Waals surface area contributed by atoms with E-state index < -0.39 is 12.2 Å². The van der Waals surface area contributed by atoms with Crippen molar-refractivity contribution in [3.63, 3.8) is 0 Å². The van der Waals surface area contributed by atoms with Crippen LogP contribution in [0.5, 0.6) is 11.8 Å². The summed E-state index contributed by atoms with van der Waals surface area (Å²) >= 11 is 3.23. The number of piperidine rings is 1. The van der Waals surface area contributed by atoms with Gasteiger partial charge in [-0.1, -0.05) is 13.8 Å². The van der Waals surface area contributed by atoms with E-state index in [0.717, 1.165) is 37.9 Å². The number of hydrogen-bond acceptors (Lipinski definition) is 6. The van der Waals surface area contributed by atoms with Gasteiger partial charge < -0.3 is 20.1 Å². The number of hydrogen-bond donors (Lipinski definition) is 2. The minimum Gasteiger partial charge on any atom is -0.480 e. The van der Waals surface area contributed by atoms with Crippen LogP contribution >= 0.6 is 15.9 Å². The summed E-state index contributed by atoms with van der Waals surface area (Å²) in [5.41, 5.74) is 0.542. The van der Waals surface area contributed by atoms with Crippen LogP contribution in [-0.4, -0.2) is 36.7 Å². The second-order valence-electron chi connectivity index (χ2n) is 11.2. The van der Waals surface area contributed by atoms with E-state index in [4.69, 9.17) is 4.74 Å². The first-order chi connectivity index (χ1) is 17.4. The molecule has 0 spiro atoms. The zero-order chi connectivity index (χ0) is 26.8. The van der Waals surface area contributed by atoms with E-state index in [1.54, 1.807) is 6.08 Å². The number of ether oxygens (including phenoxy) is 2. The number of nitrogens with one attached hydrogen (secondary N) is 2. The summed E-state index contributed by atoms with van der Waals surface area (Å²) in [5.74, 6) is -0.250.